The zero-order valence-electron chi connectivity index (χ0n) is 27.6. The van der Waals surface area contributed by atoms with Crippen LogP contribution in [0.3, 0.4) is 0 Å². The van der Waals surface area contributed by atoms with Crippen molar-refractivity contribution in [3.63, 3.8) is 0 Å². The monoisotopic (exact) mass is 626 g/mol. The average Bonchev–Trinajstić information content (AvgIpc) is 3.14. The van der Waals surface area contributed by atoms with E-state index in [4.69, 9.17) is 9.98 Å². The van der Waals surface area contributed by atoms with Crippen molar-refractivity contribution >= 4 is 23.0 Å². The highest BCUT2D eigenvalue weighted by Crippen LogP contribution is 2.27. The van der Waals surface area contributed by atoms with Gasteiger partial charge in [0.15, 0.2) is 11.7 Å². The molecule has 0 radical (unpaired) electrons. The Labute approximate surface area is 285 Å². The van der Waals surface area contributed by atoms with Gasteiger partial charge in [0.2, 0.25) is 0 Å². The Balaban J connectivity index is 1.52. The maximum Gasteiger partial charge on any atom is 0.169 e. The third-order valence-corrected chi connectivity index (χ3v) is 8.34. The SMILES string of the molecule is Cc1ccc(NC(=NC(Cc2ccccc2)c2ccccc2)C(=NC(Cc2ccccc2)c2ccccc2)Nc2ccc(C)cc2)cc1. The van der Waals surface area contributed by atoms with Crippen molar-refractivity contribution in [1.29, 1.82) is 0 Å². The molecule has 0 aliphatic rings. The lowest BCUT2D eigenvalue weighted by Gasteiger charge is -2.22. The van der Waals surface area contributed by atoms with E-state index < -0.39 is 0 Å². The molecule has 6 aromatic carbocycles. The van der Waals surface area contributed by atoms with E-state index in [-0.39, 0.29) is 12.1 Å². The van der Waals surface area contributed by atoms with Gasteiger partial charge in [-0.1, -0.05) is 157 Å². The zero-order chi connectivity index (χ0) is 33.0. The average molecular weight is 627 g/mol. The van der Waals surface area contributed by atoms with Crippen LogP contribution in [0.5, 0.6) is 0 Å². The number of nitrogens with zero attached hydrogens (tertiary/aromatic N) is 2. The summed E-state index contributed by atoms with van der Waals surface area (Å²) in [6.45, 7) is 4.20. The number of anilines is 2. The summed E-state index contributed by atoms with van der Waals surface area (Å²) in [5, 5.41) is 7.40. The summed E-state index contributed by atoms with van der Waals surface area (Å²) in [6.07, 6.45) is 1.49. The van der Waals surface area contributed by atoms with Crippen LogP contribution in [0.2, 0.25) is 0 Å². The molecule has 0 spiro atoms. The minimum Gasteiger partial charge on any atom is -0.337 e. The van der Waals surface area contributed by atoms with Crippen LogP contribution in [0.1, 0.15) is 45.5 Å². The zero-order valence-corrected chi connectivity index (χ0v) is 27.6. The third kappa shape index (κ3) is 9.17. The summed E-state index contributed by atoms with van der Waals surface area (Å²) in [6, 6.07) is 58.8. The van der Waals surface area contributed by atoms with Crippen molar-refractivity contribution in [2.24, 2.45) is 9.98 Å². The maximum atomic E-state index is 5.54. The van der Waals surface area contributed by atoms with Crippen molar-refractivity contribution in [3.8, 4) is 0 Å². The number of rotatable bonds is 10. The minimum atomic E-state index is -0.157. The second-order valence-corrected chi connectivity index (χ2v) is 12.2. The van der Waals surface area contributed by atoms with Crippen molar-refractivity contribution in [3.05, 3.63) is 203 Å². The number of hydrogen-bond donors (Lipinski definition) is 2. The fourth-order valence-electron chi connectivity index (χ4n) is 5.67. The van der Waals surface area contributed by atoms with Gasteiger partial charge in [0.05, 0.1) is 12.1 Å². The standard InChI is InChI=1S/C44H42N4/c1-33-23-27-39(28-24-33)45-43(47-41(37-19-11-5-12-20-37)31-35-15-7-3-8-16-35)44(46-40-29-25-34(2)26-30-40)48-42(38-21-13-6-14-22-38)32-36-17-9-4-10-18-36/h3-30,41-42H,31-32H2,1-2H3,(H,45,47)(H,46,48). The smallest absolute Gasteiger partial charge is 0.169 e. The van der Waals surface area contributed by atoms with Crippen LogP contribution in [-0.2, 0) is 12.8 Å². The molecule has 0 bridgehead atoms. The molecule has 0 amide bonds. The Morgan fingerprint density at radius 3 is 1.06 bits per heavy atom. The first-order chi connectivity index (χ1) is 23.6. The van der Waals surface area contributed by atoms with Crippen LogP contribution in [0.15, 0.2) is 180 Å². The highest BCUT2D eigenvalue weighted by molar-refractivity contribution is 6.48. The molecule has 0 heterocycles. The molecule has 2 unspecified atom stereocenters. The van der Waals surface area contributed by atoms with E-state index in [2.05, 4.69) is 194 Å². The number of amidine groups is 2. The van der Waals surface area contributed by atoms with Crippen molar-refractivity contribution in [2.45, 2.75) is 38.8 Å². The molecular formula is C44H42N4. The predicted molar refractivity (Wildman–Crippen MR) is 203 cm³/mol. The molecular weight excluding hydrogens is 585 g/mol. The van der Waals surface area contributed by atoms with Gasteiger partial charge in [-0.25, -0.2) is 0 Å². The second-order valence-electron chi connectivity index (χ2n) is 12.2. The lowest BCUT2D eigenvalue weighted by molar-refractivity contribution is 0.719. The van der Waals surface area contributed by atoms with Gasteiger partial charge in [-0.3, -0.25) is 9.98 Å². The van der Waals surface area contributed by atoms with Gasteiger partial charge in [-0.2, -0.15) is 0 Å². The molecule has 4 heteroatoms. The summed E-state index contributed by atoms with van der Waals surface area (Å²) in [4.78, 5) is 11.1. The molecule has 0 saturated heterocycles. The van der Waals surface area contributed by atoms with Crippen LogP contribution in [-0.4, -0.2) is 11.7 Å². The lowest BCUT2D eigenvalue weighted by Crippen LogP contribution is -2.32. The highest BCUT2D eigenvalue weighted by atomic mass is 15.1. The molecule has 0 fully saturated rings. The fourth-order valence-corrected chi connectivity index (χ4v) is 5.67. The topological polar surface area (TPSA) is 48.8 Å². The molecule has 2 atom stereocenters. The summed E-state index contributed by atoms with van der Waals surface area (Å²) in [5.74, 6) is 1.36. The van der Waals surface area contributed by atoms with E-state index in [0.29, 0.717) is 11.7 Å². The fraction of sp³-hybridized carbons (Fsp3) is 0.136. The Kier molecular flexibility index (Phi) is 10.9. The summed E-state index contributed by atoms with van der Waals surface area (Å²) < 4.78 is 0. The van der Waals surface area contributed by atoms with Crippen molar-refractivity contribution < 1.29 is 0 Å². The van der Waals surface area contributed by atoms with E-state index >= 15 is 0 Å². The quantitative estimate of drug-likeness (QED) is 0.117. The predicted octanol–water partition coefficient (Wildman–Crippen LogP) is 10.6. The number of aliphatic imine (C=N–C) groups is 2. The van der Waals surface area contributed by atoms with E-state index in [0.717, 1.165) is 35.3 Å². The van der Waals surface area contributed by atoms with Gasteiger partial charge in [-0.15, -0.1) is 0 Å². The van der Waals surface area contributed by atoms with E-state index in [1.165, 1.54) is 22.3 Å². The Hall–Kier alpha value is -5.74. The molecule has 4 nitrogen and oxygen atoms in total. The summed E-state index contributed by atoms with van der Waals surface area (Å²) in [5.41, 5.74) is 9.02. The Morgan fingerprint density at radius 1 is 0.417 bits per heavy atom. The van der Waals surface area contributed by atoms with E-state index in [1.807, 2.05) is 0 Å². The number of hydrogen-bond acceptors (Lipinski definition) is 2. The third-order valence-electron chi connectivity index (χ3n) is 8.34. The minimum absolute atomic E-state index is 0.157. The van der Waals surface area contributed by atoms with Crippen LogP contribution < -0.4 is 10.6 Å². The molecule has 6 aromatic rings. The second kappa shape index (κ2) is 16.2. The van der Waals surface area contributed by atoms with Crippen molar-refractivity contribution in [2.75, 3.05) is 10.6 Å². The Morgan fingerprint density at radius 2 is 0.729 bits per heavy atom. The van der Waals surface area contributed by atoms with Crippen molar-refractivity contribution in [1.82, 2.24) is 0 Å². The molecule has 2 N–H and O–H groups in total. The number of benzene rings is 6. The first-order valence-corrected chi connectivity index (χ1v) is 16.6. The van der Waals surface area contributed by atoms with E-state index in [9.17, 15) is 0 Å². The Bertz CT molecular complexity index is 1760. The van der Waals surface area contributed by atoms with Crippen LogP contribution in [0.4, 0.5) is 11.4 Å². The number of nitrogens with one attached hydrogen (secondary N) is 2. The molecule has 0 aromatic heterocycles. The van der Waals surface area contributed by atoms with Gasteiger partial charge < -0.3 is 10.6 Å². The van der Waals surface area contributed by atoms with Gasteiger partial charge in [0.25, 0.3) is 0 Å². The van der Waals surface area contributed by atoms with E-state index in [1.54, 1.807) is 0 Å². The highest BCUT2D eigenvalue weighted by Gasteiger charge is 2.20. The molecule has 0 aliphatic carbocycles. The normalized spacial score (nSPS) is 13.0. The lowest BCUT2D eigenvalue weighted by atomic mass is 9.99. The molecule has 238 valence electrons. The van der Waals surface area contributed by atoms with Gasteiger partial charge in [-0.05, 0) is 73.2 Å². The largest absolute Gasteiger partial charge is 0.337 e. The molecule has 48 heavy (non-hydrogen) atoms. The summed E-state index contributed by atoms with van der Waals surface area (Å²) >= 11 is 0. The number of aryl methyl sites for hydroxylation is 2. The summed E-state index contributed by atoms with van der Waals surface area (Å²) in [7, 11) is 0. The molecule has 0 saturated carbocycles. The van der Waals surface area contributed by atoms with Gasteiger partial charge in [0.1, 0.15) is 0 Å². The first-order valence-electron chi connectivity index (χ1n) is 16.6. The maximum absolute atomic E-state index is 5.54. The van der Waals surface area contributed by atoms with Crippen LogP contribution in [0.25, 0.3) is 0 Å². The molecule has 6 rings (SSSR count). The van der Waals surface area contributed by atoms with Gasteiger partial charge >= 0.3 is 0 Å². The first kappa shape index (κ1) is 32.2. The van der Waals surface area contributed by atoms with Gasteiger partial charge in [0, 0.05) is 11.4 Å². The van der Waals surface area contributed by atoms with Crippen LogP contribution >= 0.6 is 0 Å². The molecule has 0 aliphatic heterocycles. The van der Waals surface area contributed by atoms with Crippen LogP contribution in [0, 0.1) is 13.8 Å².